The van der Waals surface area contributed by atoms with Gasteiger partial charge in [-0.3, -0.25) is 4.79 Å². The van der Waals surface area contributed by atoms with Crippen LogP contribution >= 0.6 is 0 Å². The van der Waals surface area contributed by atoms with Crippen LogP contribution in [0.15, 0.2) is 0 Å². The van der Waals surface area contributed by atoms with Gasteiger partial charge in [0.25, 0.3) is 0 Å². The highest BCUT2D eigenvalue weighted by Gasteiger charge is 2.25. The van der Waals surface area contributed by atoms with E-state index < -0.39 is 17.9 Å². The Balaban J connectivity index is 4.16. The smallest absolute Gasteiger partial charge is 0.314 e. The Hall–Kier alpha value is -1.34. The Labute approximate surface area is 126 Å². The summed E-state index contributed by atoms with van der Waals surface area (Å²) in [6, 6.07) is -0.409. The van der Waals surface area contributed by atoms with Crippen molar-refractivity contribution in [2.24, 2.45) is 11.3 Å². The van der Waals surface area contributed by atoms with E-state index in [9.17, 15) is 9.59 Å². The zero-order valence-electron chi connectivity index (χ0n) is 13.6. The molecule has 0 aromatic heterocycles. The van der Waals surface area contributed by atoms with E-state index in [0.717, 1.165) is 0 Å². The lowest BCUT2D eigenvalue weighted by molar-refractivity contribution is -0.142. The minimum absolute atomic E-state index is 0.0976. The third-order valence-corrected chi connectivity index (χ3v) is 2.89. The molecule has 2 amide bonds. The van der Waals surface area contributed by atoms with Gasteiger partial charge in [-0.2, -0.15) is 0 Å². The van der Waals surface area contributed by atoms with Crippen LogP contribution in [0.5, 0.6) is 0 Å². The summed E-state index contributed by atoms with van der Waals surface area (Å²) in [5, 5.41) is 14.4. The van der Waals surface area contributed by atoms with Gasteiger partial charge in [-0.25, -0.2) is 4.79 Å². The van der Waals surface area contributed by atoms with E-state index in [1.807, 2.05) is 20.8 Å². The third-order valence-electron chi connectivity index (χ3n) is 2.89. The fraction of sp³-hybridized carbons (Fsp3) is 0.857. The van der Waals surface area contributed by atoms with E-state index in [-0.39, 0.29) is 18.1 Å². The number of carboxylic acid groups (broad SMARTS) is 1. The van der Waals surface area contributed by atoms with Crippen molar-refractivity contribution in [3.63, 3.8) is 0 Å². The first-order valence-corrected chi connectivity index (χ1v) is 6.96. The molecule has 7 nitrogen and oxygen atoms in total. The molecule has 0 spiro atoms. The van der Waals surface area contributed by atoms with Crippen molar-refractivity contribution in [1.29, 1.82) is 0 Å². The van der Waals surface area contributed by atoms with E-state index in [1.54, 1.807) is 7.11 Å². The van der Waals surface area contributed by atoms with Crippen LogP contribution in [0.1, 0.15) is 27.2 Å². The molecule has 3 N–H and O–H groups in total. The zero-order chi connectivity index (χ0) is 16.5. The molecule has 0 rings (SSSR count). The standard InChI is InChI=1S/C14H28N2O5/c1-14(2,3)6-10(12(17)18)7-15-13(19)16-8-11(21-5)9-20-4/h10-11H,6-9H2,1-5H3,(H,17,18)(H2,15,16,19). The zero-order valence-corrected chi connectivity index (χ0v) is 13.6. The number of amides is 2. The number of carbonyl (C=O) groups excluding carboxylic acids is 1. The lowest BCUT2D eigenvalue weighted by Crippen LogP contribution is -2.44. The number of methoxy groups -OCH3 is 2. The molecule has 0 aliphatic rings. The van der Waals surface area contributed by atoms with Crippen molar-refractivity contribution in [3.8, 4) is 0 Å². The lowest BCUT2D eigenvalue weighted by atomic mass is 9.84. The second-order valence-electron chi connectivity index (χ2n) is 6.20. The molecule has 124 valence electrons. The van der Waals surface area contributed by atoms with Gasteiger partial charge in [0, 0.05) is 27.3 Å². The van der Waals surface area contributed by atoms with Gasteiger partial charge < -0.3 is 25.2 Å². The first kappa shape index (κ1) is 19.7. The highest BCUT2D eigenvalue weighted by atomic mass is 16.5. The summed E-state index contributed by atoms with van der Waals surface area (Å²) in [6.07, 6.45) is 0.262. The predicted octanol–water partition coefficient (Wildman–Crippen LogP) is 1.08. The average molecular weight is 304 g/mol. The van der Waals surface area contributed by atoms with E-state index in [2.05, 4.69) is 10.6 Å². The van der Waals surface area contributed by atoms with Crippen molar-refractivity contribution in [3.05, 3.63) is 0 Å². The molecule has 0 aliphatic carbocycles. The highest BCUT2D eigenvalue weighted by Crippen LogP contribution is 2.24. The van der Waals surface area contributed by atoms with Crippen LogP contribution in [0.3, 0.4) is 0 Å². The van der Waals surface area contributed by atoms with Crippen LogP contribution in [0.25, 0.3) is 0 Å². The normalized spacial score (nSPS) is 14.3. The van der Waals surface area contributed by atoms with Gasteiger partial charge in [0.05, 0.1) is 18.6 Å². The van der Waals surface area contributed by atoms with E-state index in [1.165, 1.54) is 7.11 Å². The van der Waals surface area contributed by atoms with Crippen molar-refractivity contribution < 1.29 is 24.2 Å². The van der Waals surface area contributed by atoms with E-state index in [0.29, 0.717) is 19.6 Å². The molecule has 21 heavy (non-hydrogen) atoms. The monoisotopic (exact) mass is 304 g/mol. The number of ether oxygens (including phenoxy) is 2. The van der Waals surface area contributed by atoms with Gasteiger partial charge in [-0.15, -0.1) is 0 Å². The number of carboxylic acids is 1. The lowest BCUT2D eigenvalue weighted by Gasteiger charge is -2.23. The molecule has 0 radical (unpaired) electrons. The number of hydrogen-bond donors (Lipinski definition) is 3. The quantitative estimate of drug-likeness (QED) is 0.592. The van der Waals surface area contributed by atoms with Gasteiger partial charge in [-0.1, -0.05) is 20.8 Å². The topological polar surface area (TPSA) is 96.9 Å². The summed E-state index contributed by atoms with van der Waals surface area (Å²) in [7, 11) is 3.09. The van der Waals surface area contributed by atoms with Crippen molar-refractivity contribution in [2.75, 3.05) is 33.9 Å². The van der Waals surface area contributed by atoms with Gasteiger partial charge in [0.15, 0.2) is 0 Å². The van der Waals surface area contributed by atoms with E-state index >= 15 is 0 Å². The predicted molar refractivity (Wildman–Crippen MR) is 79.3 cm³/mol. The number of nitrogens with one attached hydrogen (secondary N) is 2. The molecule has 0 bridgehead atoms. The summed E-state index contributed by atoms with van der Waals surface area (Å²) in [5.41, 5.74) is -0.110. The fourth-order valence-electron chi connectivity index (χ4n) is 1.87. The van der Waals surface area contributed by atoms with Gasteiger partial charge >= 0.3 is 12.0 Å². The number of urea groups is 1. The van der Waals surface area contributed by atoms with Crippen LogP contribution in [0, 0.1) is 11.3 Å². The number of rotatable bonds is 9. The Morgan fingerprint density at radius 3 is 2.14 bits per heavy atom. The molecule has 0 saturated heterocycles. The van der Waals surface area contributed by atoms with Crippen LogP contribution in [-0.4, -0.2) is 57.1 Å². The molecule has 0 aliphatic heterocycles. The summed E-state index contributed by atoms with van der Waals surface area (Å²) >= 11 is 0. The first-order valence-electron chi connectivity index (χ1n) is 6.96. The largest absolute Gasteiger partial charge is 0.481 e. The average Bonchev–Trinajstić information content (AvgIpc) is 2.37. The molecular formula is C14H28N2O5. The Bertz CT molecular complexity index is 328. The van der Waals surface area contributed by atoms with Crippen molar-refractivity contribution in [1.82, 2.24) is 10.6 Å². The third kappa shape index (κ3) is 10.1. The van der Waals surface area contributed by atoms with Crippen molar-refractivity contribution >= 4 is 12.0 Å². The molecule has 2 atom stereocenters. The maximum atomic E-state index is 11.6. The summed E-state index contributed by atoms with van der Waals surface area (Å²) in [4.78, 5) is 22.8. The summed E-state index contributed by atoms with van der Waals surface area (Å²) < 4.78 is 10.0. The minimum Gasteiger partial charge on any atom is -0.481 e. The Morgan fingerprint density at radius 2 is 1.71 bits per heavy atom. The van der Waals surface area contributed by atoms with Crippen LogP contribution in [0.4, 0.5) is 4.79 Å². The van der Waals surface area contributed by atoms with Crippen LogP contribution < -0.4 is 10.6 Å². The molecule has 0 aromatic carbocycles. The SMILES string of the molecule is COCC(CNC(=O)NCC(CC(C)(C)C)C(=O)O)OC. The molecule has 0 fully saturated rings. The molecular weight excluding hydrogens is 276 g/mol. The Kier molecular flexibility index (Phi) is 8.96. The molecule has 0 aromatic rings. The second kappa shape index (κ2) is 9.57. The number of hydrogen-bond acceptors (Lipinski definition) is 4. The maximum absolute atomic E-state index is 11.6. The molecule has 2 unspecified atom stereocenters. The van der Waals surface area contributed by atoms with Crippen LogP contribution in [-0.2, 0) is 14.3 Å². The van der Waals surface area contributed by atoms with Crippen LogP contribution in [0.2, 0.25) is 0 Å². The first-order chi connectivity index (χ1) is 9.69. The van der Waals surface area contributed by atoms with Crippen molar-refractivity contribution in [2.45, 2.75) is 33.3 Å². The summed E-state index contributed by atoms with van der Waals surface area (Å²) in [6.45, 7) is 6.68. The number of aliphatic carboxylic acids is 1. The molecule has 7 heteroatoms. The number of carbonyl (C=O) groups is 2. The molecule has 0 saturated carbocycles. The highest BCUT2D eigenvalue weighted by molar-refractivity contribution is 5.75. The van der Waals surface area contributed by atoms with Gasteiger partial charge in [0.1, 0.15) is 0 Å². The fourth-order valence-corrected chi connectivity index (χ4v) is 1.87. The van der Waals surface area contributed by atoms with Gasteiger partial charge in [-0.05, 0) is 11.8 Å². The maximum Gasteiger partial charge on any atom is 0.314 e. The summed E-state index contributed by atoms with van der Waals surface area (Å²) in [5.74, 6) is -1.51. The Morgan fingerprint density at radius 1 is 1.14 bits per heavy atom. The second-order valence-corrected chi connectivity index (χ2v) is 6.20. The molecule has 0 heterocycles. The minimum atomic E-state index is -0.903. The van der Waals surface area contributed by atoms with Gasteiger partial charge in [0.2, 0.25) is 0 Å². The van der Waals surface area contributed by atoms with E-state index in [4.69, 9.17) is 14.6 Å².